The topological polar surface area (TPSA) is 276 Å². The molecule has 0 spiro atoms. The zero-order chi connectivity index (χ0) is 50.5. The van der Waals surface area contributed by atoms with Crippen molar-refractivity contribution >= 4 is 27.6 Å². The zero-order valence-electron chi connectivity index (χ0n) is 39.9. The molecule has 0 aliphatic heterocycles. The summed E-state index contributed by atoms with van der Waals surface area (Å²) in [5.74, 6) is -1.35. The Morgan fingerprint density at radius 3 is 1.71 bits per heavy atom. The quantitative estimate of drug-likeness (QED) is 0.00953. The Balaban J connectivity index is 2.68. The lowest BCUT2D eigenvalue weighted by atomic mass is 9.85. The molecule has 9 atom stereocenters. The van der Waals surface area contributed by atoms with Crippen molar-refractivity contribution in [2.75, 3.05) is 13.2 Å². The average Bonchev–Trinajstić information content (AvgIpc) is 3.29. The molecule has 0 aromatic rings. The Morgan fingerprint density at radius 2 is 1.09 bits per heavy atom. The fourth-order valence-corrected chi connectivity index (χ4v) is 8.04. The lowest BCUT2D eigenvalue weighted by Crippen LogP contribution is -2.64. The zero-order valence-corrected chi connectivity index (χ0v) is 41.6. The molecule has 0 heterocycles. The van der Waals surface area contributed by atoms with Crippen molar-refractivity contribution in [2.45, 2.75) is 185 Å². The van der Waals surface area contributed by atoms with Crippen LogP contribution in [0.2, 0.25) is 0 Å². The maximum Gasteiger partial charge on any atom is 0.472 e. The molecule has 0 radical (unpaired) electrons. The number of unbranched alkanes of at least 4 members (excludes halogenated alkanes) is 8. The van der Waals surface area contributed by atoms with Gasteiger partial charge >= 0.3 is 27.6 Å². The molecular weight excluding hydrogens is 922 g/mol. The van der Waals surface area contributed by atoms with Crippen LogP contribution < -0.4 is 0 Å². The molecule has 0 saturated heterocycles. The predicted octanol–water partition coefficient (Wildman–Crippen LogP) is 8.14. The number of hydrogen-bond acceptors (Lipinski definition) is 14. The van der Waals surface area contributed by atoms with Gasteiger partial charge in [0.2, 0.25) is 0 Å². The summed E-state index contributed by atoms with van der Waals surface area (Å²) in [6.07, 6.45) is 31.0. The molecule has 68 heavy (non-hydrogen) atoms. The number of ether oxygens (including phenoxy) is 2. The second-order valence-electron chi connectivity index (χ2n) is 16.3. The van der Waals surface area contributed by atoms with Crippen molar-refractivity contribution in [2.24, 2.45) is 0 Å². The van der Waals surface area contributed by atoms with Gasteiger partial charge in [0.15, 0.2) is 6.10 Å². The van der Waals surface area contributed by atoms with E-state index in [9.17, 15) is 58.9 Å². The van der Waals surface area contributed by atoms with Crippen molar-refractivity contribution in [1.82, 2.24) is 0 Å². The number of phosphoric acid groups is 2. The van der Waals surface area contributed by atoms with Gasteiger partial charge in [-0.1, -0.05) is 137 Å². The van der Waals surface area contributed by atoms with Gasteiger partial charge in [-0.05, 0) is 83.5 Å². The van der Waals surface area contributed by atoms with E-state index in [0.717, 1.165) is 64.2 Å². The normalized spacial score (nSPS) is 22.6. The van der Waals surface area contributed by atoms with Gasteiger partial charge in [-0.25, -0.2) is 9.13 Å². The van der Waals surface area contributed by atoms with Gasteiger partial charge in [0.25, 0.3) is 0 Å². The van der Waals surface area contributed by atoms with Crippen molar-refractivity contribution < 1.29 is 82.0 Å². The van der Waals surface area contributed by atoms with Crippen LogP contribution in [0.1, 0.15) is 136 Å². The predicted molar refractivity (Wildman–Crippen MR) is 261 cm³/mol. The number of aliphatic hydroxyl groups excluding tert-OH is 5. The number of aliphatic hydroxyl groups is 5. The maximum absolute atomic E-state index is 13.0. The first-order chi connectivity index (χ1) is 32.5. The summed E-state index contributed by atoms with van der Waals surface area (Å²) in [5, 5.41) is 51.3. The number of phosphoric ester groups is 2. The smallest absolute Gasteiger partial charge is 0.462 e. The Kier molecular flexibility index (Phi) is 35.7. The largest absolute Gasteiger partial charge is 0.472 e. The Hall–Kier alpha value is -3.12. The number of allylic oxidation sites excluding steroid dienone is 14. The first kappa shape index (κ1) is 62.9. The summed E-state index contributed by atoms with van der Waals surface area (Å²) >= 11 is 0. The average molecular weight is 1000 g/mol. The van der Waals surface area contributed by atoms with Crippen LogP contribution in [-0.4, -0.2) is 114 Å². The molecular formula is C49H80O17P2. The third kappa shape index (κ3) is 32.6. The fourth-order valence-electron chi connectivity index (χ4n) is 6.50. The molecule has 17 nitrogen and oxygen atoms in total. The van der Waals surface area contributed by atoms with Crippen LogP contribution in [0.4, 0.5) is 0 Å². The van der Waals surface area contributed by atoms with E-state index in [1.54, 1.807) is 6.08 Å². The highest BCUT2D eigenvalue weighted by Crippen LogP contribution is 2.49. The molecule has 1 saturated carbocycles. The Labute approximate surface area is 403 Å². The Bertz CT molecular complexity index is 1700. The van der Waals surface area contributed by atoms with Gasteiger partial charge in [0.05, 0.1) is 12.7 Å². The monoisotopic (exact) mass is 1000 g/mol. The first-order valence-electron chi connectivity index (χ1n) is 23.9. The molecule has 388 valence electrons. The summed E-state index contributed by atoms with van der Waals surface area (Å²) in [4.78, 5) is 54.3. The van der Waals surface area contributed by atoms with Gasteiger partial charge in [-0.2, -0.15) is 0 Å². The van der Waals surface area contributed by atoms with Gasteiger partial charge < -0.3 is 49.7 Å². The number of rotatable bonds is 38. The van der Waals surface area contributed by atoms with Gasteiger partial charge in [-0.3, -0.25) is 23.2 Å². The molecule has 19 heteroatoms. The standard InChI is InChI=1S/C49H80O17P2/c1-3-5-7-9-11-12-13-14-15-16-17-18-19-20-24-29-33-37-43(52)64-41(39-63-68(60,61)66-49-46(55)44(53)45(54)48(47(49)56)65-67(57,58)59)38-62-42(51)36-32-28-25-21-23-27-31-35-40(50)34-30-26-22-10-8-6-4-2/h5,7,11-12,14-15,17-18,21-22,25-27,30-31,34,40-41,44-50,53-56H,3-4,6,8-10,13,16,19-20,23-24,28-29,32-33,35-39H2,1-2H3,(H,60,61)(H2,57,58,59)/b7-5-,12-11-,15-14-,18-17-,25-21+,26-22-,31-27-,34-30-/t40-,41-,44?,45?,46?,47?,48-,49+/m1/s1. The van der Waals surface area contributed by atoms with E-state index in [1.165, 1.54) is 12.8 Å². The van der Waals surface area contributed by atoms with Crippen molar-refractivity contribution in [1.29, 1.82) is 0 Å². The minimum Gasteiger partial charge on any atom is -0.462 e. The highest BCUT2D eigenvalue weighted by molar-refractivity contribution is 7.47. The van der Waals surface area contributed by atoms with E-state index in [0.29, 0.717) is 32.1 Å². The molecule has 0 aromatic carbocycles. The third-order valence-electron chi connectivity index (χ3n) is 10.2. The maximum atomic E-state index is 13.0. The van der Waals surface area contributed by atoms with Gasteiger partial charge in [0.1, 0.15) is 43.2 Å². The van der Waals surface area contributed by atoms with E-state index < -0.39 is 89.6 Å². The Morgan fingerprint density at radius 1 is 0.559 bits per heavy atom. The molecule has 8 N–H and O–H groups in total. The van der Waals surface area contributed by atoms with E-state index in [1.807, 2.05) is 36.5 Å². The molecule has 1 rings (SSSR count). The third-order valence-corrected chi connectivity index (χ3v) is 11.7. The fraction of sp³-hybridized carbons (Fsp3) is 0.633. The molecule has 5 unspecified atom stereocenters. The van der Waals surface area contributed by atoms with Crippen LogP contribution >= 0.6 is 15.6 Å². The number of hydrogen-bond donors (Lipinski definition) is 8. The summed E-state index contributed by atoms with van der Waals surface area (Å²) < 4.78 is 49.3. The number of carbonyl (C=O) groups excluding carboxylic acids is 2. The van der Waals surface area contributed by atoms with E-state index in [4.69, 9.17) is 18.5 Å². The molecule has 1 aliphatic rings. The van der Waals surface area contributed by atoms with Crippen LogP contribution in [0.25, 0.3) is 0 Å². The van der Waals surface area contributed by atoms with Crippen LogP contribution in [0.3, 0.4) is 0 Å². The highest BCUT2D eigenvalue weighted by Gasteiger charge is 2.54. The van der Waals surface area contributed by atoms with Crippen LogP contribution in [0, 0.1) is 0 Å². The first-order valence-corrected chi connectivity index (χ1v) is 26.9. The molecule has 1 aliphatic carbocycles. The van der Waals surface area contributed by atoms with Gasteiger partial charge in [-0.15, -0.1) is 0 Å². The minimum absolute atomic E-state index is 0.000713. The van der Waals surface area contributed by atoms with E-state index in [2.05, 4.69) is 73.1 Å². The summed E-state index contributed by atoms with van der Waals surface area (Å²) in [5.41, 5.74) is 0. The second kappa shape index (κ2) is 38.6. The number of esters is 2. The summed E-state index contributed by atoms with van der Waals surface area (Å²) in [7, 11) is -10.7. The van der Waals surface area contributed by atoms with Crippen LogP contribution in [0.15, 0.2) is 97.2 Å². The van der Waals surface area contributed by atoms with Gasteiger partial charge in [0, 0.05) is 12.8 Å². The van der Waals surface area contributed by atoms with E-state index in [-0.39, 0.29) is 12.8 Å². The summed E-state index contributed by atoms with van der Waals surface area (Å²) in [6.45, 7) is 2.81. The lowest BCUT2D eigenvalue weighted by Gasteiger charge is -2.43. The minimum atomic E-state index is -5.39. The highest BCUT2D eigenvalue weighted by atomic mass is 31.2. The summed E-state index contributed by atoms with van der Waals surface area (Å²) in [6, 6.07) is 0. The molecule has 0 amide bonds. The number of carbonyl (C=O) groups is 2. The van der Waals surface area contributed by atoms with Crippen LogP contribution in [-0.2, 0) is 41.8 Å². The van der Waals surface area contributed by atoms with Crippen molar-refractivity contribution in [3.05, 3.63) is 97.2 Å². The van der Waals surface area contributed by atoms with Crippen molar-refractivity contribution in [3.8, 4) is 0 Å². The molecule has 1 fully saturated rings. The molecule has 0 bridgehead atoms. The van der Waals surface area contributed by atoms with Crippen molar-refractivity contribution in [3.63, 3.8) is 0 Å². The SMILES string of the molecule is CC/C=C\C/C=C\C/C=C\C/C=C\CCCCCCC(=O)O[C@H](COC(=O)CCC/C=C/C/C=C\C[C@H](O)/C=C\C=C/CCCCC)COP(=O)(O)O[C@H]1C(O)C(O)C(O)[C@@H](OP(=O)(O)O)C1O. The van der Waals surface area contributed by atoms with E-state index >= 15 is 0 Å². The second-order valence-corrected chi connectivity index (χ2v) is 18.9. The molecule has 0 aromatic heterocycles. The lowest BCUT2D eigenvalue weighted by molar-refractivity contribution is -0.216. The van der Waals surface area contributed by atoms with Crippen LogP contribution in [0.5, 0.6) is 0 Å².